The molecule has 0 aromatic heterocycles. The Labute approximate surface area is 216 Å². The van der Waals surface area contributed by atoms with Crippen LogP contribution in [0.5, 0.6) is 11.5 Å². The van der Waals surface area contributed by atoms with Crippen molar-refractivity contribution in [3.63, 3.8) is 0 Å². The van der Waals surface area contributed by atoms with Gasteiger partial charge in [-0.3, -0.25) is 14.4 Å². The van der Waals surface area contributed by atoms with Gasteiger partial charge < -0.3 is 19.9 Å². The Hall–Kier alpha value is -3.42. The molecule has 4 rings (SSSR count). The van der Waals surface area contributed by atoms with E-state index in [4.69, 9.17) is 14.6 Å². The van der Waals surface area contributed by atoms with E-state index in [0.29, 0.717) is 62.5 Å². The molecule has 1 amide bonds. The van der Waals surface area contributed by atoms with Crippen LogP contribution >= 0.6 is 0 Å². The lowest BCUT2D eigenvalue weighted by Gasteiger charge is -2.26. The van der Waals surface area contributed by atoms with Crippen molar-refractivity contribution in [2.75, 3.05) is 13.2 Å². The maximum absolute atomic E-state index is 14.3. The summed E-state index contributed by atoms with van der Waals surface area (Å²) < 4.78 is 25.8. The molecule has 0 unspecified atom stereocenters. The maximum atomic E-state index is 14.3. The lowest BCUT2D eigenvalue weighted by molar-refractivity contribution is -0.143. The average molecular weight is 512 g/mol. The summed E-state index contributed by atoms with van der Waals surface area (Å²) in [6, 6.07) is 11.2. The fourth-order valence-corrected chi connectivity index (χ4v) is 4.66. The molecular formula is C29H34FNO6. The first-order valence-corrected chi connectivity index (χ1v) is 13.1. The first-order chi connectivity index (χ1) is 17.9. The van der Waals surface area contributed by atoms with Gasteiger partial charge in [0.2, 0.25) is 0 Å². The third-order valence-corrected chi connectivity index (χ3v) is 7.26. The van der Waals surface area contributed by atoms with Gasteiger partial charge >= 0.3 is 5.97 Å². The molecular weight excluding hydrogens is 477 g/mol. The molecule has 0 aliphatic heterocycles. The molecule has 0 bridgehead atoms. The molecule has 2 aliphatic carbocycles. The standard InChI is InChI=1S/C29H34FNO6/c30-25-17-22(10-15-27(25)36-18-19-3-1-4-19)28(33)31-16-2-5-26(32)20-6-11-23(12-7-20)37-24-13-8-21(9-14-24)29(34)35/h6-7,10-12,15,17,19,21,24H,1-5,8-9,13-14,16,18H2,(H,31,33)(H,34,35). The lowest BCUT2D eigenvalue weighted by Crippen LogP contribution is -2.27. The molecule has 0 spiro atoms. The third-order valence-electron chi connectivity index (χ3n) is 7.26. The van der Waals surface area contributed by atoms with Crippen LogP contribution in [0.2, 0.25) is 0 Å². The van der Waals surface area contributed by atoms with Crippen molar-refractivity contribution in [3.05, 3.63) is 59.4 Å². The molecule has 37 heavy (non-hydrogen) atoms. The minimum absolute atomic E-state index is 0.00898. The number of amides is 1. The molecule has 8 heteroatoms. The van der Waals surface area contributed by atoms with Crippen LogP contribution in [-0.2, 0) is 4.79 Å². The first-order valence-electron chi connectivity index (χ1n) is 13.1. The number of Topliss-reactive ketones (excluding diaryl/α,β-unsaturated/α-hetero) is 1. The summed E-state index contributed by atoms with van der Waals surface area (Å²) in [4.78, 5) is 35.9. The molecule has 2 N–H and O–H groups in total. The number of carbonyl (C=O) groups is 3. The molecule has 198 valence electrons. The maximum Gasteiger partial charge on any atom is 0.306 e. The van der Waals surface area contributed by atoms with Gasteiger partial charge in [-0.15, -0.1) is 0 Å². The zero-order valence-corrected chi connectivity index (χ0v) is 20.9. The number of hydrogen-bond donors (Lipinski definition) is 2. The van der Waals surface area contributed by atoms with Gasteiger partial charge in [0.1, 0.15) is 5.75 Å². The van der Waals surface area contributed by atoms with Gasteiger partial charge in [0.05, 0.1) is 18.6 Å². The van der Waals surface area contributed by atoms with Gasteiger partial charge in [0.15, 0.2) is 17.3 Å². The Kier molecular flexibility index (Phi) is 9.14. The molecule has 2 aromatic rings. The number of aliphatic carboxylic acids is 1. The summed E-state index contributed by atoms with van der Waals surface area (Å²) >= 11 is 0. The number of halogens is 1. The quantitative estimate of drug-likeness (QED) is 0.291. The summed E-state index contributed by atoms with van der Waals surface area (Å²) in [5, 5.41) is 11.8. The van der Waals surface area contributed by atoms with Crippen molar-refractivity contribution >= 4 is 17.7 Å². The van der Waals surface area contributed by atoms with Crippen LogP contribution in [-0.4, -0.2) is 42.0 Å². The molecule has 0 saturated heterocycles. The van der Waals surface area contributed by atoms with Crippen LogP contribution in [0, 0.1) is 17.7 Å². The van der Waals surface area contributed by atoms with Crippen molar-refractivity contribution in [2.24, 2.45) is 11.8 Å². The minimum Gasteiger partial charge on any atom is -0.490 e. The molecule has 2 aromatic carbocycles. The van der Waals surface area contributed by atoms with Gasteiger partial charge in [0, 0.05) is 24.1 Å². The topological polar surface area (TPSA) is 102 Å². The van der Waals surface area contributed by atoms with Gasteiger partial charge in [-0.05, 0) is 93.3 Å². The zero-order chi connectivity index (χ0) is 26.2. The van der Waals surface area contributed by atoms with Gasteiger partial charge in [-0.1, -0.05) is 6.42 Å². The van der Waals surface area contributed by atoms with Gasteiger partial charge in [-0.25, -0.2) is 4.39 Å². The monoisotopic (exact) mass is 511 g/mol. The summed E-state index contributed by atoms with van der Waals surface area (Å²) in [6.45, 7) is 0.800. The highest BCUT2D eigenvalue weighted by molar-refractivity contribution is 5.96. The van der Waals surface area contributed by atoms with E-state index in [0.717, 1.165) is 12.8 Å². The van der Waals surface area contributed by atoms with Crippen LogP contribution in [0.25, 0.3) is 0 Å². The number of ketones is 1. The first kappa shape index (κ1) is 26.6. The predicted octanol–water partition coefficient (Wildman–Crippen LogP) is 5.42. The molecule has 0 heterocycles. The Bertz CT molecular complexity index is 1090. The van der Waals surface area contributed by atoms with E-state index in [1.807, 2.05) is 0 Å². The second kappa shape index (κ2) is 12.7. The molecule has 0 atom stereocenters. The van der Waals surface area contributed by atoms with Crippen molar-refractivity contribution in [2.45, 2.75) is 63.9 Å². The number of carboxylic acids is 1. The summed E-state index contributed by atoms with van der Waals surface area (Å²) in [6.07, 6.45) is 6.77. The zero-order valence-electron chi connectivity index (χ0n) is 20.9. The fourth-order valence-electron chi connectivity index (χ4n) is 4.66. The number of nitrogens with one attached hydrogen (secondary N) is 1. The minimum atomic E-state index is -0.742. The number of carbonyl (C=O) groups excluding carboxylic acids is 2. The molecule has 2 fully saturated rings. The number of hydrogen-bond acceptors (Lipinski definition) is 5. The van der Waals surface area contributed by atoms with E-state index >= 15 is 0 Å². The van der Waals surface area contributed by atoms with Crippen molar-refractivity contribution in [1.29, 1.82) is 0 Å². The summed E-state index contributed by atoms with van der Waals surface area (Å²) in [5.41, 5.74) is 0.777. The van der Waals surface area contributed by atoms with Crippen LogP contribution in [0.1, 0.15) is 78.5 Å². The van der Waals surface area contributed by atoms with Crippen LogP contribution in [0.3, 0.4) is 0 Å². The molecule has 7 nitrogen and oxygen atoms in total. The summed E-state index contributed by atoms with van der Waals surface area (Å²) in [5.74, 6) is -0.695. The molecule has 2 saturated carbocycles. The second-order valence-corrected chi connectivity index (χ2v) is 9.99. The predicted molar refractivity (Wildman–Crippen MR) is 136 cm³/mol. The second-order valence-electron chi connectivity index (χ2n) is 9.99. The fraction of sp³-hybridized carbons (Fsp3) is 0.483. The Morgan fingerprint density at radius 2 is 1.65 bits per heavy atom. The highest BCUT2D eigenvalue weighted by atomic mass is 19.1. The number of ether oxygens (including phenoxy) is 2. The Morgan fingerprint density at radius 3 is 2.27 bits per heavy atom. The smallest absolute Gasteiger partial charge is 0.306 e. The number of rotatable bonds is 12. The van der Waals surface area contributed by atoms with E-state index in [1.54, 1.807) is 30.3 Å². The van der Waals surface area contributed by atoms with Crippen LogP contribution < -0.4 is 14.8 Å². The molecule has 2 aliphatic rings. The van der Waals surface area contributed by atoms with E-state index in [-0.39, 0.29) is 35.5 Å². The highest BCUT2D eigenvalue weighted by Crippen LogP contribution is 2.29. The van der Waals surface area contributed by atoms with Crippen molar-refractivity contribution < 1.29 is 33.4 Å². The summed E-state index contributed by atoms with van der Waals surface area (Å²) in [7, 11) is 0. The highest BCUT2D eigenvalue weighted by Gasteiger charge is 2.27. The van der Waals surface area contributed by atoms with E-state index in [9.17, 15) is 18.8 Å². The van der Waals surface area contributed by atoms with Crippen LogP contribution in [0.15, 0.2) is 42.5 Å². The van der Waals surface area contributed by atoms with E-state index < -0.39 is 17.7 Å². The Balaban J connectivity index is 1.15. The van der Waals surface area contributed by atoms with E-state index in [1.165, 1.54) is 18.6 Å². The molecule has 0 radical (unpaired) electrons. The lowest BCUT2D eigenvalue weighted by atomic mass is 9.86. The van der Waals surface area contributed by atoms with E-state index in [2.05, 4.69) is 5.32 Å². The van der Waals surface area contributed by atoms with Gasteiger partial charge in [0.25, 0.3) is 5.91 Å². The van der Waals surface area contributed by atoms with Crippen molar-refractivity contribution in [3.8, 4) is 11.5 Å². The van der Waals surface area contributed by atoms with Gasteiger partial charge in [-0.2, -0.15) is 0 Å². The number of carboxylic acid groups (broad SMARTS) is 1. The Morgan fingerprint density at radius 1 is 0.946 bits per heavy atom. The average Bonchev–Trinajstić information content (AvgIpc) is 2.87. The number of benzene rings is 2. The van der Waals surface area contributed by atoms with Crippen molar-refractivity contribution in [1.82, 2.24) is 5.32 Å². The largest absolute Gasteiger partial charge is 0.490 e. The van der Waals surface area contributed by atoms with Crippen LogP contribution in [0.4, 0.5) is 4.39 Å². The third kappa shape index (κ3) is 7.54. The SMILES string of the molecule is O=C(CCCNC(=O)c1ccc(OCC2CCC2)c(F)c1)c1ccc(OC2CCC(C(=O)O)CC2)cc1. The normalized spacial score (nSPS) is 19.5.